The molecule has 7 heteroatoms. The lowest BCUT2D eigenvalue weighted by Crippen LogP contribution is -2.42. The zero-order valence-corrected chi connectivity index (χ0v) is 16.6. The van der Waals surface area contributed by atoms with Gasteiger partial charge in [-0.1, -0.05) is 12.1 Å². The van der Waals surface area contributed by atoms with Crippen LogP contribution in [0.25, 0.3) is 0 Å². The summed E-state index contributed by atoms with van der Waals surface area (Å²) >= 11 is 0. The van der Waals surface area contributed by atoms with E-state index in [1.807, 2.05) is 53.1 Å². The van der Waals surface area contributed by atoms with Gasteiger partial charge < -0.3 is 14.5 Å². The second kappa shape index (κ2) is 8.44. The molecule has 0 spiro atoms. The monoisotopic (exact) mass is 382 g/mol. The molecule has 3 rings (SSSR count). The Morgan fingerprint density at radius 3 is 2.43 bits per heavy atom. The van der Waals surface area contributed by atoms with Crippen molar-refractivity contribution in [3.05, 3.63) is 35.7 Å². The van der Waals surface area contributed by atoms with Crippen LogP contribution in [0.1, 0.15) is 19.8 Å². The maximum absolute atomic E-state index is 13.0. The van der Waals surface area contributed by atoms with Crippen LogP contribution in [0.2, 0.25) is 0 Å². The van der Waals surface area contributed by atoms with E-state index in [2.05, 4.69) is 6.07 Å². The number of fused-ring (bicyclic) bond motifs is 1. The molecule has 0 unspecified atom stereocenters. The number of benzene rings is 1. The van der Waals surface area contributed by atoms with Crippen LogP contribution in [0.15, 0.2) is 35.7 Å². The molecule has 28 heavy (non-hydrogen) atoms. The molecule has 1 atom stereocenters. The summed E-state index contributed by atoms with van der Waals surface area (Å²) in [7, 11) is 3.72. The molecule has 2 aliphatic heterocycles. The lowest BCUT2D eigenvalue weighted by Gasteiger charge is -2.31. The van der Waals surface area contributed by atoms with Crippen molar-refractivity contribution in [2.75, 3.05) is 50.1 Å². The average Bonchev–Trinajstić information content (AvgIpc) is 2.95. The smallest absolute Gasteiger partial charge is 0.310 e. The predicted molar refractivity (Wildman–Crippen MR) is 107 cm³/mol. The maximum Gasteiger partial charge on any atom is 0.310 e. The zero-order valence-electron chi connectivity index (χ0n) is 16.6. The molecule has 7 nitrogen and oxygen atoms in total. The highest BCUT2D eigenvalue weighted by Crippen LogP contribution is 2.40. The number of nitrogens with zero attached hydrogens (tertiary/aromatic N) is 4. The Morgan fingerprint density at radius 2 is 1.86 bits per heavy atom. The topological polar surface area (TPSA) is 76.9 Å². The zero-order chi connectivity index (χ0) is 20.3. The van der Waals surface area contributed by atoms with Crippen molar-refractivity contribution in [2.24, 2.45) is 5.92 Å². The van der Waals surface area contributed by atoms with E-state index in [0.29, 0.717) is 19.0 Å². The lowest BCUT2D eigenvalue weighted by molar-refractivity contribution is -0.150. The van der Waals surface area contributed by atoms with Crippen LogP contribution < -0.4 is 9.80 Å². The van der Waals surface area contributed by atoms with Gasteiger partial charge in [0.05, 0.1) is 30.4 Å². The number of carbonyl (C=O) groups excluding carboxylic acids is 2. The van der Waals surface area contributed by atoms with Crippen molar-refractivity contribution in [1.82, 2.24) is 4.90 Å². The highest BCUT2D eigenvalue weighted by atomic mass is 16.5. The van der Waals surface area contributed by atoms with Gasteiger partial charge in [-0.25, -0.2) is 0 Å². The van der Waals surface area contributed by atoms with E-state index in [-0.39, 0.29) is 29.8 Å². The van der Waals surface area contributed by atoms with Gasteiger partial charge in [-0.2, -0.15) is 5.26 Å². The molecule has 0 aromatic heterocycles. The number of nitriles is 1. The second-order valence-corrected chi connectivity index (χ2v) is 7.17. The SMILES string of the molecule is CCOC(=O)[C@H]1CCCN(CC(=O)C(C#N)=C2N(C)c3ccccc3N2C)C1. The summed E-state index contributed by atoms with van der Waals surface area (Å²) in [6.07, 6.45) is 1.61. The molecule has 0 N–H and O–H groups in total. The van der Waals surface area contributed by atoms with Crippen LogP contribution in [0.5, 0.6) is 0 Å². The molecular weight excluding hydrogens is 356 g/mol. The molecular formula is C21H26N4O3. The van der Waals surface area contributed by atoms with Gasteiger partial charge in [0.25, 0.3) is 0 Å². The third-order valence-electron chi connectivity index (χ3n) is 5.35. The summed E-state index contributed by atoms with van der Waals surface area (Å²) in [6.45, 7) is 3.50. The summed E-state index contributed by atoms with van der Waals surface area (Å²) in [4.78, 5) is 30.7. The number of ether oxygens (including phenoxy) is 1. The Hall–Kier alpha value is -2.85. The number of piperidine rings is 1. The molecule has 1 aromatic rings. The Kier molecular flexibility index (Phi) is 6.00. The van der Waals surface area contributed by atoms with Crippen LogP contribution in [-0.4, -0.2) is 57.0 Å². The van der Waals surface area contributed by atoms with Crippen molar-refractivity contribution in [1.29, 1.82) is 5.26 Å². The number of para-hydroxylation sites is 2. The largest absolute Gasteiger partial charge is 0.466 e. The highest BCUT2D eigenvalue weighted by Gasteiger charge is 2.33. The Morgan fingerprint density at radius 1 is 1.21 bits per heavy atom. The first-order chi connectivity index (χ1) is 13.5. The Labute approximate surface area is 165 Å². The van der Waals surface area contributed by atoms with Crippen molar-refractivity contribution in [3.63, 3.8) is 0 Å². The van der Waals surface area contributed by atoms with E-state index in [4.69, 9.17) is 4.74 Å². The molecule has 0 aliphatic carbocycles. The number of rotatable bonds is 5. The number of hydrogen-bond donors (Lipinski definition) is 0. The minimum Gasteiger partial charge on any atom is -0.466 e. The number of hydrogen-bond acceptors (Lipinski definition) is 7. The van der Waals surface area contributed by atoms with Crippen molar-refractivity contribution in [2.45, 2.75) is 19.8 Å². The van der Waals surface area contributed by atoms with Crippen LogP contribution in [0.4, 0.5) is 11.4 Å². The summed E-state index contributed by atoms with van der Waals surface area (Å²) in [6, 6.07) is 9.91. The van der Waals surface area contributed by atoms with Crippen molar-refractivity contribution >= 4 is 23.1 Å². The van der Waals surface area contributed by atoms with Gasteiger partial charge in [-0.15, -0.1) is 0 Å². The molecule has 0 amide bonds. The standard InChI is InChI=1S/C21H26N4O3/c1-4-28-21(27)15-8-7-11-25(13-15)14-19(26)16(12-22)20-23(2)17-9-5-6-10-18(17)24(20)3/h5-6,9-10,15H,4,7-8,11,13-14H2,1-3H3/t15-/m0/s1. The normalized spacial score (nSPS) is 19.2. The van der Waals surface area contributed by atoms with Crippen molar-refractivity contribution in [3.8, 4) is 6.07 Å². The molecule has 148 valence electrons. The molecule has 1 saturated heterocycles. The highest BCUT2D eigenvalue weighted by molar-refractivity contribution is 6.03. The van der Waals surface area contributed by atoms with Crippen LogP contribution in [0, 0.1) is 17.2 Å². The van der Waals surface area contributed by atoms with Gasteiger partial charge in [-0.05, 0) is 38.4 Å². The molecule has 1 aromatic carbocycles. The van der Waals surface area contributed by atoms with E-state index < -0.39 is 0 Å². The first kappa shape index (κ1) is 19.9. The summed E-state index contributed by atoms with van der Waals surface area (Å²) in [5.74, 6) is -0.0499. The van der Waals surface area contributed by atoms with E-state index in [1.54, 1.807) is 6.92 Å². The van der Waals surface area contributed by atoms with Crippen LogP contribution in [-0.2, 0) is 14.3 Å². The van der Waals surface area contributed by atoms with Gasteiger partial charge in [0.2, 0.25) is 0 Å². The van der Waals surface area contributed by atoms with E-state index in [0.717, 1.165) is 30.8 Å². The number of ketones is 1. The fourth-order valence-electron chi connectivity index (χ4n) is 3.99. The molecule has 0 radical (unpaired) electrons. The number of esters is 1. The second-order valence-electron chi connectivity index (χ2n) is 7.17. The fraction of sp³-hybridized carbons (Fsp3) is 0.476. The number of carbonyl (C=O) groups is 2. The summed E-state index contributed by atoms with van der Waals surface area (Å²) in [5, 5.41) is 9.74. The fourth-order valence-corrected chi connectivity index (χ4v) is 3.99. The predicted octanol–water partition coefficient (Wildman–Crippen LogP) is 2.15. The third-order valence-corrected chi connectivity index (χ3v) is 5.35. The van der Waals surface area contributed by atoms with E-state index in [1.165, 1.54) is 0 Å². The molecule has 2 heterocycles. The van der Waals surface area contributed by atoms with Gasteiger partial charge in [0.1, 0.15) is 17.5 Å². The van der Waals surface area contributed by atoms with Gasteiger partial charge in [0.15, 0.2) is 5.78 Å². The van der Waals surface area contributed by atoms with E-state index >= 15 is 0 Å². The number of Topliss-reactive ketones (excluding diaryl/α,β-unsaturated/α-hetero) is 1. The van der Waals surface area contributed by atoms with Gasteiger partial charge in [0, 0.05) is 20.6 Å². The summed E-state index contributed by atoms with van der Waals surface area (Å²) in [5.41, 5.74) is 2.06. The molecule has 0 saturated carbocycles. The Bertz CT molecular complexity index is 811. The third kappa shape index (κ3) is 3.73. The first-order valence-electron chi connectivity index (χ1n) is 9.61. The summed E-state index contributed by atoms with van der Waals surface area (Å²) < 4.78 is 5.12. The molecule has 0 bridgehead atoms. The van der Waals surface area contributed by atoms with E-state index in [9.17, 15) is 14.9 Å². The minimum atomic E-state index is -0.228. The number of likely N-dealkylation sites (tertiary alicyclic amines) is 1. The number of anilines is 2. The van der Waals surface area contributed by atoms with Crippen molar-refractivity contribution < 1.29 is 14.3 Å². The van der Waals surface area contributed by atoms with Crippen LogP contribution in [0.3, 0.4) is 0 Å². The van der Waals surface area contributed by atoms with Gasteiger partial charge in [-0.3, -0.25) is 14.5 Å². The molecule has 1 fully saturated rings. The average molecular weight is 382 g/mol. The maximum atomic E-state index is 13.0. The lowest BCUT2D eigenvalue weighted by atomic mass is 9.97. The minimum absolute atomic E-state index is 0.125. The van der Waals surface area contributed by atoms with Crippen LogP contribution >= 0.6 is 0 Å². The molecule has 2 aliphatic rings. The first-order valence-corrected chi connectivity index (χ1v) is 9.61. The quantitative estimate of drug-likeness (QED) is 0.439. The Balaban J connectivity index is 1.77. The van der Waals surface area contributed by atoms with Gasteiger partial charge >= 0.3 is 5.97 Å².